The standard InChI is InChI=1S/C18H17N3OS/c1-9-6-4-5-7-12(9)16-20-14-13-10(2)8-11(3)19-18(13)23-15(14)17(22)21-16/h4-8,16,20H,1-3H3,(H,21,22)/t16-/m1/s1. The number of benzene rings is 1. The van der Waals surface area contributed by atoms with E-state index in [2.05, 4.69) is 41.6 Å². The van der Waals surface area contributed by atoms with Crippen molar-refractivity contribution in [3.8, 4) is 0 Å². The van der Waals surface area contributed by atoms with Crippen LogP contribution in [0.25, 0.3) is 10.2 Å². The zero-order valence-corrected chi connectivity index (χ0v) is 14.0. The third kappa shape index (κ3) is 2.19. The number of carbonyl (C=O) groups is 1. The van der Waals surface area contributed by atoms with Crippen LogP contribution in [0.5, 0.6) is 0 Å². The Morgan fingerprint density at radius 2 is 1.87 bits per heavy atom. The van der Waals surface area contributed by atoms with E-state index in [9.17, 15) is 4.79 Å². The van der Waals surface area contributed by atoms with Crippen LogP contribution < -0.4 is 10.6 Å². The molecule has 2 N–H and O–H groups in total. The Labute approximate surface area is 138 Å². The Morgan fingerprint density at radius 3 is 2.65 bits per heavy atom. The van der Waals surface area contributed by atoms with E-state index in [0.29, 0.717) is 4.88 Å². The van der Waals surface area contributed by atoms with Gasteiger partial charge in [-0.3, -0.25) is 4.79 Å². The number of pyridine rings is 1. The second kappa shape index (κ2) is 5.06. The van der Waals surface area contributed by atoms with Gasteiger partial charge < -0.3 is 10.6 Å². The van der Waals surface area contributed by atoms with Crippen molar-refractivity contribution >= 4 is 33.1 Å². The van der Waals surface area contributed by atoms with Gasteiger partial charge in [0.1, 0.15) is 15.9 Å². The van der Waals surface area contributed by atoms with Crippen molar-refractivity contribution in [1.29, 1.82) is 0 Å². The Bertz CT molecular complexity index is 945. The number of carbonyl (C=O) groups excluding carboxylic acids is 1. The molecule has 0 unspecified atom stereocenters. The van der Waals surface area contributed by atoms with Crippen LogP contribution >= 0.6 is 11.3 Å². The van der Waals surface area contributed by atoms with Gasteiger partial charge in [0, 0.05) is 11.1 Å². The Balaban J connectivity index is 1.88. The molecule has 0 bridgehead atoms. The maximum Gasteiger partial charge on any atom is 0.265 e. The summed E-state index contributed by atoms with van der Waals surface area (Å²) >= 11 is 1.45. The fourth-order valence-corrected chi connectivity index (χ4v) is 4.35. The quantitative estimate of drug-likeness (QED) is 0.709. The molecule has 3 heterocycles. The summed E-state index contributed by atoms with van der Waals surface area (Å²) in [5, 5.41) is 7.62. The van der Waals surface area contributed by atoms with E-state index in [1.165, 1.54) is 11.3 Å². The number of nitrogens with zero attached hydrogens (tertiary/aromatic N) is 1. The molecule has 4 nitrogen and oxygen atoms in total. The summed E-state index contributed by atoms with van der Waals surface area (Å²) in [6.07, 6.45) is -0.213. The summed E-state index contributed by atoms with van der Waals surface area (Å²) in [6.45, 7) is 6.11. The molecule has 1 amide bonds. The molecule has 0 saturated heterocycles. The van der Waals surface area contributed by atoms with Crippen molar-refractivity contribution in [3.05, 3.63) is 57.6 Å². The first-order chi connectivity index (χ1) is 11.0. The molecule has 1 atom stereocenters. The van der Waals surface area contributed by atoms with Gasteiger partial charge in [-0.05, 0) is 43.5 Å². The number of hydrogen-bond donors (Lipinski definition) is 2. The predicted molar refractivity (Wildman–Crippen MR) is 94.1 cm³/mol. The van der Waals surface area contributed by atoms with Gasteiger partial charge in [-0.25, -0.2) is 4.98 Å². The molecule has 0 radical (unpaired) electrons. The first kappa shape index (κ1) is 14.2. The van der Waals surface area contributed by atoms with Crippen molar-refractivity contribution in [2.45, 2.75) is 26.9 Å². The number of fused-ring (bicyclic) bond motifs is 3. The maximum atomic E-state index is 12.6. The van der Waals surface area contributed by atoms with Gasteiger partial charge in [0.15, 0.2) is 0 Å². The van der Waals surface area contributed by atoms with Gasteiger partial charge in [0.2, 0.25) is 0 Å². The van der Waals surface area contributed by atoms with Crippen LogP contribution in [0.1, 0.15) is 38.2 Å². The summed E-state index contributed by atoms with van der Waals surface area (Å²) < 4.78 is 0. The molecule has 23 heavy (non-hydrogen) atoms. The molecule has 116 valence electrons. The molecule has 2 aromatic heterocycles. The van der Waals surface area contributed by atoms with E-state index in [-0.39, 0.29) is 12.1 Å². The molecule has 0 fully saturated rings. The van der Waals surface area contributed by atoms with E-state index in [1.807, 2.05) is 25.1 Å². The van der Waals surface area contributed by atoms with Crippen molar-refractivity contribution in [3.63, 3.8) is 0 Å². The lowest BCUT2D eigenvalue weighted by Gasteiger charge is -2.27. The number of nitrogens with one attached hydrogen (secondary N) is 2. The molecule has 1 aromatic carbocycles. The summed E-state index contributed by atoms with van der Waals surface area (Å²) in [6, 6.07) is 10.2. The third-order valence-electron chi connectivity index (χ3n) is 4.26. The van der Waals surface area contributed by atoms with Crippen LogP contribution in [-0.2, 0) is 0 Å². The molecule has 5 heteroatoms. The predicted octanol–water partition coefficient (Wildman–Crippen LogP) is 4.08. The van der Waals surface area contributed by atoms with Crippen LogP contribution in [0.15, 0.2) is 30.3 Å². The fraction of sp³-hybridized carbons (Fsp3) is 0.222. The van der Waals surface area contributed by atoms with Crippen molar-refractivity contribution < 1.29 is 4.79 Å². The highest BCUT2D eigenvalue weighted by atomic mass is 32.1. The van der Waals surface area contributed by atoms with Crippen LogP contribution in [-0.4, -0.2) is 10.9 Å². The van der Waals surface area contributed by atoms with Crippen LogP contribution in [0.2, 0.25) is 0 Å². The number of rotatable bonds is 1. The van der Waals surface area contributed by atoms with Crippen molar-refractivity contribution in [1.82, 2.24) is 10.3 Å². The minimum Gasteiger partial charge on any atom is -0.360 e. The van der Waals surface area contributed by atoms with E-state index in [4.69, 9.17) is 0 Å². The van der Waals surface area contributed by atoms with Crippen LogP contribution in [0.3, 0.4) is 0 Å². The number of anilines is 1. The van der Waals surface area contributed by atoms with E-state index >= 15 is 0 Å². The van der Waals surface area contributed by atoms with Gasteiger partial charge in [-0.2, -0.15) is 0 Å². The lowest BCUT2D eigenvalue weighted by Crippen LogP contribution is -2.38. The van der Waals surface area contributed by atoms with Gasteiger partial charge in [-0.15, -0.1) is 11.3 Å². The van der Waals surface area contributed by atoms with Gasteiger partial charge in [-0.1, -0.05) is 24.3 Å². The highest BCUT2D eigenvalue weighted by Crippen LogP contribution is 2.41. The number of thiophene rings is 1. The average Bonchev–Trinajstić information content (AvgIpc) is 2.86. The molecular formula is C18H17N3OS. The van der Waals surface area contributed by atoms with Crippen molar-refractivity contribution in [2.75, 3.05) is 5.32 Å². The highest BCUT2D eigenvalue weighted by molar-refractivity contribution is 7.21. The highest BCUT2D eigenvalue weighted by Gasteiger charge is 2.30. The second-order valence-electron chi connectivity index (χ2n) is 5.97. The molecule has 1 aliphatic rings. The molecule has 0 saturated carbocycles. The molecule has 0 spiro atoms. The first-order valence-electron chi connectivity index (χ1n) is 7.58. The number of aryl methyl sites for hydroxylation is 3. The minimum absolute atomic E-state index is 0.0351. The molecule has 3 aromatic rings. The Hall–Kier alpha value is -2.40. The topological polar surface area (TPSA) is 54.0 Å². The summed E-state index contributed by atoms with van der Waals surface area (Å²) in [4.78, 5) is 18.8. The number of hydrogen-bond acceptors (Lipinski definition) is 4. The normalized spacial score (nSPS) is 16.8. The zero-order valence-electron chi connectivity index (χ0n) is 13.2. The average molecular weight is 323 g/mol. The number of aromatic nitrogens is 1. The maximum absolute atomic E-state index is 12.6. The molecular weight excluding hydrogens is 306 g/mol. The van der Waals surface area contributed by atoms with Gasteiger partial charge in [0.05, 0.1) is 5.69 Å². The Morgan fingerprint density at radius 1 is 1.09 bits per heavy atom. The smallest absolute Gasteiger partial charge is 0.265 e. The molecule has 0 aliphatic carbocycles. The van der Waals surface area contributed by atoms with E-state index in [1.54, 1.807) is 0 Å². The second-order valence-corrected chi connectivity index (χ2v) is 6.97. The monoisotopic (exact) mass is 323 g/mol. The van der Waals surface area contributed by atoms with E-state index in [0.717, 1.165) is 38.3 Å². The Kier molecular flexibility index (Phi) is 3.13. The fourth-order valence-electron chi connectivity index (χ4n) is 3.18. The van der Waals surface area contributed by atoms with Gasteiger partial charge in [0.25, 0.3) is 5.91 Å². The number of amides is 1. The largest absolute Gasteiger partial charge is 0.360 e. The molecule has 4 rings (SSSR count). The molecule has 1 aliphatic heterocycles. The summed E-state index contributed by atoms with van der Waals surface area (Å²) in [5.74, 6) is -0.0351. The lowest BCUT2D eigenvalue weighted by atomic mass is 10.0. The summed E-state index contributed by atoms with van der Waals surface area (Å²) in [5.41, 5.74) is 5.27. The van der Waals surface area contributed by atoms with Crippen LogP contribution in [0, 0.1) is 20.8 Å². The zero-order chi connectivity index (χ0) is 16.1. The third-order valence-corrected chi connectivity index (χ3v) is 5.34. The lowest BCUT2D eigenvalue weighted by molar-refractivity contribution is 0.0940. The van der Waals surface area contributed by atoms with Crippen molar-refractivity contribution in [2.24, 2.45) is 0 Å². The minimum atomic E-state index is -0.213. The van der Waals surface area contributed by atoms with Gasteiger partial charge >= 0.3 is 0 Å². The first-order valence-corrected chi connectivity index (χ1v) is 8.40. The van der Waals surface area contributed by atoms with E-state index < -0.39 is 0 Å². The van der Waals surface area contributed by atoms with Crippen LogP contribution in [0.4, 0.5) is 5.69 Å². The SMILES string of the molecule is Cc1cc(C)c2c3c(sc2n1)C(=O)N[C@H](c1ccccc1C)N3. The summed E-state index contributed by atoms with van der Waals surface area (Å²) in [7, 11) is 0.